The Kier molecular flexibility index (Phi) is 4.28. The number of thiazole rings is 1. The number of aromatic nitrogens is 1. The fourth-order valence-electron chi connectivity index (χ4n) is 2.12. The Morgan fingerprint density at radius 3 is 2.57 bits per heavy atom. The highest BCUT2D eigenvalue weighted by Gasteiger charge is 2.05. The van der Waals surface area contributed by atoms with Crippen molar-refractivity contribution in [1.82, 2.24) is 4.98 Å². The second-order valence-corrected chi connectivity index (χ2v) is 5.54. The van der Waals surface area contributed by atoms with Gasteiger partial charge in [0, 0.05) is 22.2 Å². The van der Waals surface area contributed by atoms with E-state index in [2.05, 4.69) is 27.8 Å². The third-order valence-electron chi connectivity index (χ3n) is 3.22. The van der Waals surface area contributed by atoms with Gasteiger partial charge in [-0.15, -0.1) is 11.3 Å². The van der Waals surface area contributed by atoms with Crippen molar-refractivity contribution in [1.29, 1.82) is 0 Å². The monoisotopic (exact) mass is 296 g/mol. The fourth-order valence-corrected chi connectivity index (χ4v) is 2.94. The van der Waals surface area contributed by atoms with Crippen LogP contribution in [-0.2, 0) is 13.2 Å². The smallest absolute Gasteiger partial charge is 0.123 e. The Labute approximate surface area is 127 Å². The first-order valence-electron chi connectivity index (χ1n) is 6.79. The van der Waals surface area contributed by atoms with Crippen LogP contribution in [0.2, 0.25) is 0 Å². The number of para-hydroxylation sites is 1. The van der Waals surface area contributed by atoms with Gasteiger partial charge in [-0.05, 0) is 6.07 Å². The van der Waals surface area contributed by atoms with Crippen LogP contribution in [0.1, 0.15) is 11.3 Å². The van der Waals surface area contributed by atoms with Crippen LogP contribution in [-0.4, -0.2) is 10.1 Å². The zero-order valence-corrected chi connectivity index (χ0v) is 12.3. The Morgan fingerprint density at radius 1 is 1.00 bits per heavy atom. The fraction of sp³-hybridized carbons (Fsp3) is 0.118. The molecule has 0 unspecified atom stereocenters. The maximum atomic E-state index is 9.31. The van der Waals surface area contributed by atoms with E-state index in [0.717, 1.165) is 27.5 Å². The first-order chi connectivity index (χ1) is 10.4. The largest absolute Gasteiger partial charge is 0.392 e. The summed E-state index contributed by atoms with van der Waals surface area (Å²) in [6.45, 7) is 0.690. The molecule has 0 amide bonds. The van der Waals surface area contributed by atoms with E-state index in [9.17, 15) is 5.11 Å². The normalized spacial score (nSPS) is 10.5. The molecule has 0 radical (unpaired) electrons. The number of aliphatic hydroxyl groups is 1. The van der Waals surface area contributed by atoms with Gasteiger partial charge >= 0.3 is 0 Å². The Hall–Kier alpha value is -2.17. The van der Waals surface area contributed by atoms with Crippen molar-refractivity contribution in [3.8, 4) is 10.6 Å². The van der Waals surface area contributed by atoms with Gasteiger partial charge in [0.15, 0.2) is 0 Å². The molecule has 106 valence electrons. The minimum Gasteiger partial charge on any atom is -0.392 e. The minimum atomic E-state index is 0.0372. The second-order valence-electron chi connectivity index (χ2n) is 4.68. The molecular weight excluding hydrogens is 280 g/mol. The highest BCUT2D eigenvalue weighted by molar-refractivity contribution is 7.13. The van der Waals surface area contributed by atoms with E-state index in [0.29, 0.717) is 6.54 Å². The maximum absolute atomic E-state index is 9.31. The molecule has 0 atom stereocenters. The first kappa shape index (κ1) is 13.8. The highest BCUT2D eigenvalue weighted by Crippen LogP contribution is 2.24. The summed E-state index contributed by atoms with van der Waals surface area (Å²) in [6.07, 6.45) is 0. The topological polar surface area (TPSA) is 45.1 Å². The van der Waals surface area contributed by atoms with Crippen molar-refractivity contribution in [2.24, 2.45) is 0 Å². The summed E-state index contributed by atoms with van der Waals surface area (Å²) < 4.78 is 0. The van der Waals surface area contributed by atoms with Gasteiger partial charge in [0.05, 0.1) is 18.8 Å². The molecule has 0 aliphatic heterocycles. The predicted octanol–water partition coefficient (Wildman–Crippen LogP) is 3.91. The second kappa shape index (κ2) is 6.52. The molecular formula is C17H16N2OS. The van der Waals surface area contributed by atoms with Gasteiger partial charge in [0.2, 0.25) is 0 Å². The first-order valence-corrected chi connectivity index (χ1v) is 7.67. The van der Waals surface area contributed by atoms with Gasteiger partial charge in [-0.1, -0.05) is 48.5 Å². The van der Waals surface area contributed by atoms with E-state index < -0.39 is 0 Å². The lowest BCUT2D eigenvalue weighted by molar-refractivity contribution is 0.282. The molecule has 3 rings (SSSR count). The van der Waals surface area contributed by atoms with Crippen LogP contribution in [0.4, 0.5) is 5.69 Å². The predicted molar refractivity (Wildman–Crippen MR) is 87.2 cm³/mol. The minimum absolute atomic E-state index is 0.0372. The Morgan fingerprint density at radius 2 is 1.76 bits per heavy atom. The third-order valence-corrected chi connectivity index (χ3v) is 4.16. The van der Waals surface area contributed by atoms with Crippen molar-refractivity contribution < 1.29 is 5.11 Å². The quantitative estimate of drug-likeness (QED) is 0.750. The summed E-state index contributed by atoms with van der Waals surface area (Å²) in [4.78, 5) is 4.64. The van der Waals surface area contributed by atoms with Crippen LogP contribution < -0.4 is 5.32 Å². The number of rotatable bonds is 5. The molecule has 21 heavy (non-hydrogen) atoms. The molecule has 1 aromatic heterocycles. The summed E-state index contributed by atoms with van der Waals surface area (Å²) in [6, 6.07) is 17.9. The summed E-state index contributed by atoms with van der Waals surface area (Å²) >= 11 is 1.65. The molecule has 0 spiro atoms. The van der Waals surface area contributed by atoms with Gasteiger partial charge in [-0.2, -0.15) is 0 Å². The van der Waals surface area contributed by atoms with E-state index in [1.807, 2.05) is 42.5 Å². The average Bonchev–Trinajstić information content (AvgIpc) is 3.03. The van der Waals surface area contributed by atoms with Gasteiger partial charge in [0.25, 0.3) is 0 Å². The van der Waals surface area contributed by atoms with Crippen molar-refractivity contribution in [2.75, 3.05) is 5.32 Å². The standard InChI is InChI=1S/C17H16N2OS/c20-11-14-8-4-5-9-16(14)18-10-15-12-21-17(19-15)13-6-2-1-3-7-13/h1-9,12,18,20H,10-11H2. The molecule has 2 N–H and O–H groups in total. The summed E-state index contributed by atoms with van der Waals surface area (Å²) in [5.41, 5.74) is 4.00. The molecule has 1 heterocycles. The van der Waals surface area contributed by atoms with E-state index in [1.54, 1.807) is 11.3 Å². The summed E-state index contributed by atoms with van der Waals surface area (Å²) in [7, 11) is 0. The van der Waals surface area contributed by atoms with Crippen LogP contribution in [0.3, 0.4) is 0 Å². The SMILES string of the molecule is OCc1ccccc1NCc1csc(-c2ccccc2)n1. The third kappa shape index (κ3) is 3.29. The molecule has 4 heteroatoms. The molecule has 2 aromatic carbocycles. The summed E-state index contributed by atoms with van der Waals surface area (Å²) in [5.74, 6) is 0. The zero-order chi connectivity index (χ0) is 14.5. The van der Waals surface area contributed by atoms with Crippen molar-refractivity contribution >= 4 is 17.0 Å². The Balaban J connectivity index is 1.71. The average molecular weight is 296 g/mol. The molecule has 0 saturated heterocycles. The molecule has 3 aromatic rings. The number of nitrogens with one attached hydrogen (secondary N) is 1. The van der Waals surface area contributed by atoms with Crippen molar-refractivity contribution in [2.45, 2.75) is 13.2 Å². The van der Waals surface area contributed by atoms with Gasteiger partial charge < -0.3 is 10.4 Å². The number of benzene rings is 2. The molecule has 0 aliphatic carbocycles. The summed E-state index contributed by atoms with van der Waals surface area (Å²) in [5, 5.41) is 15.7. The lowest BCUT2D eigenvalue weighted by atomic mass is 10.2. The lowest BCUT2D eigenvalue weighted by Gasteiger charge is -2.08. The van der Waals surface area contributed by atoms with Crippen LogP contribution in [0.15, 0.2) is 60.0 Å². The molecule has 0 fully saturated rings. The van der Waals surface area contributed by atoms with Crippen LogP contribution in [0.5, 0.6) is 0 Å². The van der Waals surface area contributed by atoms with E-state index >= 15 is 0 Å². The van der Waals surface area contributed by atoms with Gasteiger partial charge in [-0.3, -0.25) is 0 Å². The van der Waals surface area contributed by atoms with Crippen LogP contribution >= 0.6 is 11.3 Å². The molecule has 0 bridgehead atoms. The molecule has 0 saturated carbocycles. The van der Waals surface area contributed by atoms with E-state index in [4.69, 9.17) is 0 Å². The maximum Gasteiger partial charge on any atom is 0.123 e. The van der Waals surface area contributed by atoms with E-state index in [1.165, 1.54) is 0 Å². The zero-order valence-electron chi connectivity index (χ0n) is 11.5. The van der Waals surface area contributed by atoms with Crippen molar-refractivity contribution in [3.05, 3.63) is 71.2 Å². The highest BCUT2D eigenvalue weighted by atomic mass is 32.1. The number of nitrogens with zero attached hydrogens (tertiary/aromatic N) is 1. The van der Waals surface area contributed by atoms with Crippen molar-refractivity contribution in [3.63, 3.8) is 0 Å². The van der Waals surface area contributed by atoms with Gasteiger partial charge in [-0.25, -0.2) is 4.98 Å². The van der Waals surface area contributed by atoms with Crippen LogP contribution in [0, 0.1) is 0 Å². The number of anilines is 1. The number of aliphatic hydroxyl groups excluding tert-OH is 1. The molecule has 0 aliphatic rings. The molecule has 3 nitrogen and oxygen atoms in total. The Bertz CT molecular complexity index is 710. The number of hydrogen-bond donors (Lipinski definition) is 2. The lowest BCUT2D eigenvalue weighted by Crippen LogP contribution is -2.02. The van der Waals surface area contributed by atoms with E-state index in [-0.39, 0.29) is 6.61 Å². The van der Waals surface area contributed by atoms with Gasteiger partial charge in [0.1, 0.15) is 5.01 Å². The van der Waals surface area contributed by atoms with Crippen LogP contribution in [0.25, 0.3) is 10.6 Å². The number of hydrogen-bond acceptors (Lipinski definition) is 4.